The second-order valence-corrected chi connectivity index (χ2v) is 6.51. The van der Waals surface area contributed by atoms with Gasteiger partial charge >= 0.3 is 0 Å². The van der Waals surface area contributed by atoms with Gasteiger partial charge in [0.15, 0.2) is 0 Å². The fourth-order valence-corrected chi connectivity index (χ4v) is 2.92. The standard InChI is InChI=1S/C20H22N4O2/c1-3-20(2)14-26-10-9-24(20)13-15-6-7-18(21)17(11-15)19(25)23-16-5-4-8-22-12-16/h1,4-8,11-12H,9-10,13-14,21H2,2H3,(H,23,25). The molecule has 134 valence electrons. The highest BCUT2D eigenvalue weighted by Crippen LogP contribution is 2.23. The molecule has 2 aromatic rings. The summed E-state index contributed by atoms with van der Waals surface area (Å²) in [6, 6.07) is 9.02. The van der Waals surface area contributed by atoms with Gasteiger partial charge in [-0.2, -0.15) is 0 Å². The largest absolute Gasteiger partial charge is 0.398 e. The second-order valence-electron chi connectivity index (χ2n) is 6.51. The number of aromatic nitrogens is 1. The third-order valence-electron chi connectivity index (χ3n) is 4.55. The Morgan fingerprint density at radius 2 is 2.35 bits per heavy atom. The normalized spacial score (nSPS) is 20.3. The Morgan fingerprint density at radius 1 is 1.50 bits per heavy atom. The summed E-state index contributed by atoms with van der Waals surface area (Å²) in [7, 11) is 0. The number of morpholine rings is 1. The number of nitrogens with zero attached hydrogens (tertiary/aromatic N) is 2. The van der Waals surface area contributed by atoms with Crippen LogP contribution in [-0.4, -0.2) is 41.1 Å². The predicted octanol–water partition coefficient (Wildman–Crippen LogP) is 2.14. The molecule has 0 radical (unpaired) electrons. The zero-order chi connectivity index (χ0) is 18.6. The molecule has 1 amide bonds. The molecule has 3 rings (SSSR count). The summed E-state index contributed by atoms with van der Waals surface area (Å²) in [6.07, 6.45) is 8.94. The van der Waals surface area contributed by atoms with Crippen molar-refractivity contribution in [2.75, 3.05) is 30.8 Å². The van der Waals surface area contributed by atoms with Crippen molar-refractivity contribution in [1.82, 2.24) is 9.88 Å². The molecule has 6 nitrogen and oxygen atoms in total. The lowest BCUT2D eigenvalue weighted by molar-refractivity contribution is -0.0362. The molecule has 1 aromatic heterocycles. The quantitative estimate of drug-likeness (QED) is 0.652. The number of carbonyl (C=O) groups is 1. The fourth-order valence-electron chi connectivity index (χ4n) is 2.92. The number of benzene rings is 1. The molecule has 0 aliphatic carbocycles. The maximum Gasteiger partial charge on any atom is 0.257 e. The Bertz CT molecular complexity index is 831. The number of rotatable bonds is 4. The number of hydrogen-bond donors (Lipinski definition) is 2. The maximum atomic E-state index is 12.6. The summed E-state index contributed by atoms with van der Waals surface area (Å²) in [4.78, 5) is 18.8. The van der Waals surface area contributed by atoms with E-state index in [2.05, 4.69) is 21.1 Å². The maximum absolute atomic E-state index is 12.6. The van der Waals surface area contributed by atoms with E-state index >= 15 is 0 Å². The molecule has 26 heavy (non-hydrogen) atoms. The minimum atomic E-state index is -0.461. The van der Waals surface area contributed by atoms with Crippen molar-refractivity contribution < 1.29 is 9.53 Å². The van der Waals surface area contributed by atoms with Gasteiger partial charge in [0.2, 0.25) is 0 Å². The van der Waals surface area contributed by atoms with Gasteiger partial charge in [0.25, 0.3) is 5.91 Å². The molecule has 1 aliphatic heterocycles. The average molecular weight is 350 g/mol. The zero-order valence-electron chi connectivity index (χ0n) is 14.7. The third-order valence-corrected chi connectivity index (χ3v) is 4.55. The number of anilines is 2. The summed E-state index contributed by atoms with van der Waals surface area (Å²) >= 11 is 0. The smallest absolute Gasteiger partial charge is 0.257 e. The van der Waals surface area contributed by atoms with Gasteiger partial charge in [-0.15, -0.1) is 6.42 Å². The minimum absolute atomic E-state index is 0.265. The van der Waals surface area contributed by atoms with E-state index in [0.717, 1.165) is 12.1 Å². The zero-order valence-corrected chi connectivity index (χ0v) is 14.7. The minimum Gasteiger partial charge on any atom is -0.398 e. The molecule has 1 aliphatic rings. The van der Waals surface area contributed by atoms with Crippen LogP contribution in [0, 0.1) is 12.3 Å². The lowest BCUT2D eigenvalue weighted by atomic mass is 9.99. The highest BCUT2D eigenvalue weighted by Gasteiger charge is 2.33. The van der Waals surface area contributed by atoms with Gasteiger partial charge in [0.1, 0.15) is 5.54 Å². The van der Waals surface area contributed by atoms with Gasteiger partial charge in [-0.05, 0) is 36.8 Å². The average Bonchev–Trinajstić information content (AvgIpc) is 2.66. The predicted molar refractivity (Wildman–Crippen MR) is 102 cm³/mol. The van der Waals surface area contributed by atoms with E-state index in [1.54, 1.807) is 30.6 Å². The van der Waals surface area contributed by atoms with Crippen LogP contribution >= 0.6 is 0 Å². The number of ether oxygens (including phenoxy) is 1. The first kappa shape index (κ1) is 17.9. The Balaban J connectivity index is 1.79. The summed E-state index contributed by atoms with van der Waals surface area (Å²) in [5, 5.41) is 2.81. The number of nitrogen functional groups attached to an aromatic ring is 1. The van der Waals surface area contributed by atoms with Crippen molar-refractivity contribution in [3.63, 3.8) is 0 Å². The van der Waals surface area contributed by atoms with Gasteiger partial charge < -0.3 is 15.8 Å². The van der Waals surface area contributed by atoms with Crippen LogP contribution in [0.25, 0.3) is 0 Å². The molecule has 6 heteroatoms. The number of nitrogens with two attached hydrogens (primary N) is 1. The van der Waals surface area contributed by atoms with Gasteiger partial charge in [0, 0.05) is 25.0 Å². The number of pyridine rings is 1. The van der Waals surface area contributed by atoms with Crippen molar-refractivity contribution in [3.05, 3.63) is 53.9 Å². The Morgan fingerprint density at radius 3 is 3.08 bits per heavy atom. The highest BCUT2D eigenvalue weighted by molar-refractivity contribution is 6.07. The topological polar surface area (TPSA) is 80.5 Å². The van der Waals surface area contributed by atoms with Crippen LogP contribution in [0.3, 0.4) is 0 Å². The van der Waals surface area contributed by atoms with Crippen molar-refractivity contribution in [2.45, 2.75) is 19.0 Å². The van der Waals surface area contributed by atoms with E-state index in [0.29, 0.717) is 36.7 Å². The van der Waals surface area contributed by atoms with Crippen molar-refractivity contribution in [1.29, 1.82) is 0 Å². The van der Waals surface area contributed by atoms with Crippen LogP contribution in [-0.2, 0) is 11.3 Å². The van der Waals surface area contributed by atoms with E-state index in [-0.39, 0.29) is 5.91 Å². The SMILES string of the molecule is C#CC1(C)COCCN1Cc1ccc(N)c(C(=O)Nc2cccnc2)c1. The van der Waals surface area contributed by atoms with E-state index in [4.69, 9.17) is 16.9 Å². The molecular formula is C20H22N4O2. The molecule has 0 spiro atoms. The number of amides is 1. The van der Waals surface area contributed by atoms with Gasteiger partial charge in [-0.25, -0.2) is 0 Å². The van der Waals surface area contributed by atoms with E-state index < -0.39 is 5.54 Å². The first-order valence-corrected chi connectivity index (χ1v) is 8.42. The Hall–Kier alpha value is -2.88. The molecule has 1 saturated heterocycles. The summed E-state index contributed by atoms with van der Waals surface area (Å²) < 4.78 is 5.52. The van der Waals surface area contributed by atoms with Crippen molar-refractivity contribution >= 4 is 17.3 Å². The van der Waals surface area contributed by atoms with E-state index in [1.807, 2.05) is 19.1 Å². The number of nitrogens with one attached hydrogen (secondary N) is 1. The number of terminal acetylenes is 1. The van der Waals surface area contributed by atoms with Crippen LogP contribution in [0.15, 0.2) is 42.7 Å². The Kier molecular flexibility index (Phi) is 5.21. The third kappa shape index (κ3) is 3.85. The highest BCUT2D eigenvalue weighted by atomic mass is 16.5. The molecular weight excluding hydrogens is 328 g/mol. The van der Waals surface area contributed by atoms with Gasteiger partial charge in [0.05, 0.1) is 30.7 Å². The van der Waals surface area contributed by atoms with Crippen molar-refractivity contribution in [3.8, 4) is 12.3 Å². The molecule has 1 unspecified atom stereocenters. The first-order chi connectivity index (χ1) is 12.5. The van der Waals surface area contributed by atoms with Gasteiger partial charge in [-0.3, -0.25) is 14.7 Å². The first-order valence-electron chi connectivity index (χ1n) is 8.42. The van der Waals surface area contributed by atoms with Crippen LogP contribution in [0.4, 0.5) is 11.4 Å². The molecule has 0 bridgehead atoms. The summed E-state index contributed by atoms with van der Waals surface area (Å²) in [6.45, 7) is 4.48. The molecule has 1 aromatic carbocycles. The fraction of sp³-hybridized carbons (Fsp3) is 0.300. The molecule has 0 saturated carbocycles. The summed E-state index contributed by atoms with van der Waals surface area (Å²) in [5.41, 5.74) is 8.01. The van der Waals surface area contributed by atoms with Gasteiger partial charge in [-0.1, -0.05) is 12.0 Å². The van der Waals surface area contributed by atoms with Crippen LogP contribution in [0.2, 0.25) is 0 Å². The van der Waals surface area contributed by atoms with Crippen molar-refractivity contribution in [2.24, 2.45) is 0 Å². The summed E-state index contributed by atoms with van der Waals surface area (Å²) in [5.74, 6) is 2.56. The lowest BCUT2D eigenvalue weighted by Crippen LogP contribution is -2.53. The number of carbonyl (C=O) groups excluding carboxylic acids is 1. The molecule has 1 atom stereocenters. The lowest BCUT2D eigenvalue weighted by Gasteiger charge is -2.41. The van der Waals surface area contributed by atoms with Crippen LogP contribution in [0.5, 0.6) is 0 Å². The van der Waals surface area contributed by atoms with Crippen LogP contribution < -0.4 is 11.1 Å². The van der Waals surface area contributed by atoms with Crippen LogP contribution in [0.1, 0.15) is 22.8 Å². The molecule has 1 fully saturated rings. The van der Waals surface area contributed by atoms with E-state index in [1.165, 1.54) is 0 Å². The molecule has 2 heterocycles. The second kappa shape index (κ2) is 7.56. The monoisotopic (exact) mass is 350 g/mol. The number of hydrogen-bond acceptors (Lipinski definition) is 5. The Labute approximate surface area is 153 Å². The van der Waals surface area contributed by atoms with E-state index in [9.17, 15) is 4.79 Å². The molecule has 3 N–H and O–H groups in total.